The number of thioether (sulfide) groups is 1. The molecule has 0 aromatic carbocycles. The van der Waals surface area contributed by atoms with E-state index in [0.29, 0.717) is 43.6 Å². The van der Waals surface area contributed by atoms with Gasteiger partial charge in [-0.3, -0.25) is 14.2 Å². The van der Waals surface area contributed by atoms with E-state index >= 15 is 0 Å². The Labute approximate surface area is 122 Å². The number of carbonyl (C=O) groups is 1. The van der Waals surface area contributed by atoms with Gasteiger partial charge in [-0.15, -0.1) is 0 Å². The molecule has 0 aliphatic carbocycles. The Morgan fingerprint density at radius 1 is 1.45 bits per heavy atom. The molecule has 1 aromatic rings. The number of amides is 1. The van der Waals surface area contributed by atoms with Crippen LogP contribution in [0.3, 0.4) is 0 Å². The van der Waals surface area contributed by atoms with Crippen molar-refractivity contribution in [2.45, 2.75) is 18.5 Å². The molecule has 7 heteroatoms. The quantitative estimate of drug-likeness (QED) is 0.590. The van der Waals surface area contributed by atoms with Gasteiger partial charge in [0.2, 0.25) is 5.91 Å². The van der Waals surface area contributed by atoms with Crippen LogP contribution in [0.15, 0.2) is 16.0 Å². The zero-order chi connectivity index (χ0) is 14.5. The molecule has 0 spiro atoms. The number of carbonyl (C=O) groups excluding carboxylic acids is 1. The summed E-state index contributed by atoms with van der Waals surface area (Å²) >= 11 is 1.31. The van der Waals surface area contributed by atoms with E-state index in [0.717, 1.165) is 5.69 Å². The molecule has 1 aliphatic rings. The van der Waals surface area contributed by atoms with Crippen molar-refractivity contribution in [3.63, 3.8) is 0 Å². The Kier molecular flexibility index (Phi) is 5.19. The lowest BCUT2D eigenvalue weighted by Crippen LogP contribution is -2.41. The molecule has 1 saturated heterocycles. The molecule has 0 N–H and O–H groups in total. The summed E-state index contributed by atoms with van der Waals surface area (Å²) in [6, 6.07) is 1.54. The van der Waals surface area contributed by atoms with Crippen LogP contribution >= 0.6 is 11.8 Å². The van der Waals surface area contributed by atoms with Crippen LogP contribution in [0.4, 0.5) is 0 Å². The van der Waals surface area contributed by atoms with Gasteiger partial charge < -0.3 is 9.64 Å². The maximum atomic E-state index is 12.1. The minimum absolute atomic E-state index is 0.0643. The lowest BCUT2D eigenvalue weighted by molar-refractivity contribution is -0.132. The molecule has 0 unspecified atom stereocenters. The number of nitrogens with zero attached hydrogens (tertiary/aromatic N) is 3. The predicted octanol–water partition coefficient (Wildman–Crippen LogP) is 0.294. The van der Waals surface area contributed by atoms with Gasteiger partial charge in [-0.25, -0.2) is 4.98 Å². The fourth-order valence-corrected chi connectivity index (χ4v) is 2.80. The minimum Gasteiger partial charge on any atom is -0.378 e. The molecule has 1 fully saturated rings. The molecule has 110 valence electrons. The summed E-state index contributed by atoms with van der Waals surface area (Å²) in [5, 5.41) is 0.593. The van der Waals surface area contributed by atoms with Gasteiger partial charge in [-0.1, -0.05) is 18.7 Å². The summed E-state index contributed by atoms with van der Waals surface area (Å²) in [6.45, 7) is 4.42. The third-order valence-electron chi connectivity index (χ3n) is 3.20. The number of hydrogen-bond donors (Lipinski definition) is 0. The number of ether oxygens (including phenoxy) is 1. The normalized spacial score (nSPS) is 15.4. The molecule has 0 saturated carbocycles. The third kappa shape index (κ3) is 3.61. The first kappa shape index (κ1) is 15.1. The average molecular weight is 297 g/mol. The number of aryl methyl sites for hydroxylation is 1. The Morgan fingerprint density at radius 2 is 2.15 bits per heavy atom. The molecule has 1 aliphatic heterocycles. The summed E-state index contributed by atoms with van der Waals surface area (Å²) in [4.78, 5) is 30.0. The molecule has 1 aromatic heterocycles. The van der Waals surface area contributed by atoms with E-state index < -0.39 is 0 Å². The lowest BCUT2D eigenvalue weighted by atomic mass is 10.3. The Morgan fingerprint density at radius 3 is 2.80 bits per heavy atom. The number of hydrogen-bond acceptors (Lipinski definition) is 5. The molecule has 0 radical (unpaired) electrons. The highest BCUT2D eigenvalue weighted by Gasteiger charge is 2.17. The summed E-state index contributed by atoms with van der Waals surface area (Å²) in [6.07, 6.45) is 0.709. The van der Waals surface area contributed by atoms with E-state index in [2.05, 4.69) is 4.98 Å². The number of morpholine rings is 1. The second kappa shape index (κ2) is 6.90. The molecule has 2 rings (SSSR count). The van der Waals surface area contributed by atoms with Crippen molar-refractivity contribution in [1.82, 2.24) is 14.5 Å². The molecule has 20 heavy (non-hydrogen) atoms. The van der Waals surface area contributed by atoms with Crippen LogP contribution in [0.25, 0.3) is 0 Å². The fraction of sp³-hybridized carbons (Fsp3) is 0.615. The highest BCUT2D eigenvalue weighted by Crippen LogP contribution is 2.15. The minimum atomic E-state index is -0.0850. The van der Waals surface area contributed by atoms with Gasteiger partial charge in [0, 0.05) is 31.9 Å². The molecule has 1 amide bonds. The third-order valence-corrected chi connectivity index (χ3v) is 4.21. The van der Waals surface area contributed by atoms with Crippen molar-refractivity contribution in [2.24, 2.45) is 7.05 Å². The number of rotatable bonds is 4. The standard InChI is InChI=1S/C13H19N3O3S/c1-3-10-8-11(17)15(2)13(14-10)20-9-12(18)16-4-6-19-7-5-16/h8H,3-7,9H2,1-2H3. The predicted molar refractivity (Wildman–Crippen MR) is 77.0 cm³/mol. The van der Waals surface area contributed by atoms with Crippen LogP contribution < -0.4 is 5.56 Å². The second-order valence-corrected chi connectivity index (χ2v) is 5.51. The van der Waals surface area contributed by atoms with Crippen LogP contribution in [-0.4, -0.2) is 52.4 Å². The topological polar surface area (TPSA) is 64.4 Å². The molecule has 6 nitrogen and oxygen atoms in total. The van der Waals surface area contributed by atoms with Crippen LogP contribution in [0.5, 0.6) is 0 Å². The Balaban J connectivity index is 2.01. The van der Waals surface area contributed by atoms with Gasteiger partial charge in [-0.05, 0) is 6.42 Å². The fourth-order valence-electron chi connectivity index (χ4n) is 1.90. The van der Waals surface area contributed by atoms with E-state index in [-0.39, 0.29) is 11.5 Å². The zero-order valence-corrected chi connectivity index (χ0v) is 12.6. The van der Waals surface area contributed by atoms with Gasteiger partial charge in [-0.2, -0.15) is 0 Å². The largest absolute Gasteiger partial charge is 0.378 e. The molecule has 0 atom stereocenters. The van der Waals surface area contributed by atoms with Crippen molar-refractivity contribution in [2.75, 3.05) is 32.1 Å². The first-order chi connectivity index (χ1) is 9.61. The monoisotopic (exact) mass is 297 g/mol. The smallest absolute Gasteiger partial charge is 0.254 e. The SMILES string of the molecule is CCc1cc(=O)n(C)c(SCC(=O)N2CCOCC2)n1. The summed E-state index contributed by atoms with van der Waals surface area (Å²) in [7, 11) is 1.68. The summed E-state index contributed by atoms with van der Waals surface area (Å²) < 4.78 is 6.70. The maximum absolute atomic E-state index is 12.1. The van der Waals surface area contributed by atoms with E-state index in [1.54, 1.807) is 11.9 Å². The van der Waals surface area contributed by atoms with E-state index in [4.69, 9.17) is 4.74 Å². The molecule has 2 heterocycles. The van der Waals surface area contributed by atoms with Gasteiger partial charge in [0.05, 0.1) is 19.0 Å². The van der Waals surface area contributed by atoms with Crippen LogP contribution in [0, 0.1) is 0 Å². The van der Waals surface area contributed by atoms with Crippen molar-refractivity contribution < 1.29 is 9.53 Å². The average Bonchev–Trinajstić information content (AvgIpc) is 2.49. The molecular formula is C13H19N3O3S. The van der Waals surface area contributed by atoms with Gasteiger partial charge in [0.25, 0.3) is 5.56 Å². The van der Waals surface area contributed by atoms with Crippen LogP contribution in [0.1, 0.15) is 12.6 Å². The highest BCUT2D eigenvalue weighted by molar-refractivity contribution is 7.99. The van der Waals surface area contributed by atoms with Crippen molar-refractivity contribution in [3.05, 3.63) is 22.1 Å². The van der Waals surface area contributed by atoms with Gasteiger partial charge in [0.1, 0.15) is 0 Å². The van der Waals surface area contributed by atoms with Gasteiger partial charge in [0.15, 0.2) is 5.16 Å². The highest BCUT2D eigenvalue weighted by atomic mass is 32.2. The van der Waals surface area contributed by atoms with Crippen LogP contribution in [0.2, 0.25) is 0 Å². The van der Waals surface area contributed by atoms with Crippen molar-refractivity contribution >= 4 is 17.7 Å². The number of aromatic nitrogens is 2. The first-order valence-electron chi connectivity index (χ1n) is 6.67. The van der Waals surface area contributed by atoms with E-state index in [9.17, 15) is 9.59 Å². The summed E-state index contributed by atoms with van der Waals surface area (Å²) in [5.74, 6) is 0.363. The summed E-state index contributed by atoms with van der Waals surface area (Å²) in [5.41, 5.74) is 0.674. The lowest BCUT2D eigenvalue weighted by Gasteiger charge is -2.26. The first-order valence-corrected chi connectivity index (χ1v) is 7.65. The second-order valence-electron chi connectivity index (χ2n) is 4.56. The van der Waals surface area contributed by atoms with E-state index in [1.807, 2.05) is 6.92 Å². The Hall–Kier alpha value is -1.34. The van der Waals surface area contributed by atoms with Crippen molar-refractivity contribution in [3.8, 4) is 0 Å². The van der Waals surface area contributed by atoms with E-state index in [1.165, 1.54) is 22.4 Å². The van der Waals surface area contributed by atoms with Gasteiger partial charge >= 0.3 is 0 Å². The van der Waals surface area contributed by atoms with Crippen LogP contribution in [-0.2, 0) is 23.0 Å². The molecule has 0 bridgehead atoms. The zero-order valence-electron chi connectivity index (χ0n) is 11.8. The molecular weight excluding hydrogens is 278 g/mol. The Bertz CT molecular complexity index is 538. The van der Waals surface area contributed by atoms with Crippen molar-refractivity contribution in [1.29, 1.82) is 0 Å². The maximum Gasteiger partial charge on any atom is 0.254 e.